The van der Waals surface area contributed by atoms with Gasteiger partial charge in [-0.05, 0) is 31.0 Å². The van der Waals surface area contributed by atoms with Gasteiger partial charge in [0.05, 0.1) is 16.8 Å². The van der Waals surface area contributed by atoms with Crippen molar-refractivity contribution in [2.45, 2.75) is 26.3 Å². The first-order chi connectivity index (χ1) is 8.52. The Morgan fingerprint density at radius 3 is 2.78 bits per heavy atom. The van der Waals surface area contributed by atoms with Crippen molar-refractivity contribution in [2.24, 2.45) is 5.73 Å². The van der Waals surface area contributed by atoms with Gasteiger partial charge in [-0.2, -0.15) is 0 Å². The van der Waals surface area contributed by atoms with Gasteiger partial charge < -0.3 is 5.73 Å². The summed E-state index contributed by atoms with van der Waals surface area (Å²) in [7, 11) is 0. The molecule has 0 aliphatic heterocycles. The summed E-state index contributed by atoms with van der Waals surface area (Å²) < 4.78 is 13.4. The molecule has 2 rings (SSSR count). The quantitative estimate of drug-likeness (QED) is 0.930. The van der Waals surface area contributed by atoms with E-state index in [0.29, 0.717) is 5.56 Å². The zero-order chi connectivity index (χ0) is 13.3. The monoisotopic (exact) mass is 284 g/mol. The molecule has 96 valence electrons. The molecule has 0 fully saturated rings. The highest BCUT2D eigenvalue weighted by Gasteiger charge is 2.16. The predicted octanol–water partition coefficient (Wildman–Crippen LogP) is 3.85. The van der Waals surface area contributed by atoms with Crippen LogP contribution >= 0.6 is 22.9 Å². The summed E-state index contributed by atoms with van der Waals surface area (Å²) in [4.78, 5) is 5.66. The number of halogens is 2. The van der Waals surface area contributed by atoms with Crippen LogP contribution in [0.2, 0.25) is 5.02 Å². The first kappa shape index (κ1) is 13.5. The van der Waals surface area contributed by atoms with Gasteiger partial charge in [0.15, 0.2) is 0 Å². The van der Waals surface area contributed by atoms with Crippen molar-refractivity contribution in [1.29, 1.82) is 0 Å². The van der Waals surface area contributed by atoms with E-state index in [4.69, 9.17) is 17.3 Å². The lowest BCUT2D eigenvalue weighted by Gasteiger charge is -2.09. The Hall–Kier alpha value is -0.970. The van der Waals surface area contributed by atoms with Gasteiger partial charge in [-0.25, -0.2) is 9.37 Å². The molecule has 18 heavy (non-hydrogen) atoms. The number of aromatic nitrogens is 1. The van der Waals surface area contributed by atoms with E-state index in [2.05, 4.69) is 11.9 Å². The summed E-state index contributed by atoms with van der Waals surface area (Å²) in [6.45, 7) is 4.08. The SMILES string of the molecule is CCc1nc(C(N)c2ccc(Cl)c(F)c2)sc1C. The van der Waals surface area contributed by atoms with Crippen LogP contribution in [-0.2, 0) is 6.42 Å². The van der Waals surface area contributed by atoms with Gasteiger partial charge >= 0.3 is 0 Å². The molecular formula is C13H14ClFN2S. The number of thiazole rings is 1. The van der Waals surface area contributed by atoms with Crippen molar-refractivity contribution in [1.82, 2.24) is 4.98 Å². The van der Waals surface area contributed by atoms with Crippen LogP contribution in [0.3, 0.4) is 0 Å². The number of nitrogens with two attached hydrogens (primary N) is 1. The predicted molar refractivity (Wildman–Crippen MR) is 73.7 cm³/mol. The summed E-state index contributed by atoms with van der Waals surface area (Å²) in [5.74, 6) is -0.450. The largest absolute Gasteiger partial charge is 0.318 e. The highest BCUT2D eigenvalue weighted by molar-refractivity contribution is 7.11. The summed E-state index contributed by atoms with van der Waals surface area (Å²) in [6, 6.07) is 4.22. The second kappa shape index (κ2) is 5.34. The van der Waals surface area contributed by atoms with Crippen LogP contribution in [0.25, 0.3) is 0 Å². The van der Waals surface area contributed by atoms with Gasteiger partial charge in [0.25, 0.3) is 0 Å². The van der Waals surface area contributed by atoms with Crippen molar-refractivity contribution in [2.75, 3.05) is 0 Å². The van der Waals surface area contributed by atoms with Crippen molar-refractivity contribution >= 4 is 22.9 Å². The van der Waals surface area contributed by atoms with E-state index in [-0.39, 0.29) is 5.02 Å². The molecule has 1 aromatic carbocycles. The fraction of sp³-hybridized carbons (Fsp3) is 0.308. The molecule has 0 aliphatic rings. The van der Waals surface area contributed by atoms with E-state index in [1.165, 1.54) is 12.1 Å². The third kappa shape index (κ3) is 2.55. The highest BCUT2D eigenvalue weighted by atomic mass is 35.5. The van der Waals surface area contributed by atoms with Crippen LogP contribution in [0.5, 0.6) is 0 Å². The lowest BCUT2D eigenvalue weighted by molar-refractivity contribution is 0.624. The third-order valence-corrected chi connectivity index (χ3v) is 4.22. The Morgan fingerprint density at radius 2 is 2.22 bits per heavy atom. The van der Waals surface area contributed by atoms with E-state index in [0.717, 1.165) is 22.0 Å². The van der Waals surface area contributed by atoms with Crippen LogP contribution < -0.4 is 5.73 Å². The lowest BCUT2D eigenvalue weighted by atomic mass is 10.1. The Bertz CT molecular complexity index is 568. The topological polar surface area (TPSA) is 38.9 Å². The molecule has 0 aliphatic carbocycles. The fourth-order valence-electron chi connectivity index (χ4n) is 1.76. The Kier molecular flexibility index (Phi) is 4.00. The van der Waals surface area contributed by atoms with Crippen LogP contribution in [0.15, 0.2) is 18.2 Å². The van der Waals surface area contributed by atoms with Crippen molar-refractivity contribution < 1.29 is 4.39 Å². The number of rotatable bonds is 3. The van der Waals surface area contributed by atoms with Gasteiger partial charge in [0, 0.05) is 4.88 Å². The zero-order valence-electron chi connectivity index (χ0n) is 10.2. The molecule has 2 nitrogen and oxygen atoms in total. The minimum Gasteiger partial charge on any atom is -0.318 e. The van der Waals surface area contributed by atoms with Crippen molar-refractivity contribution in [3.8, 4) is 0 Å². The number of benzene rings is 1. The molecule has 1 heterocycles. The lowest BCUT2D eigenvalue weighted by Crippen LogP contribution is -2.12. The minimum atomic E-state index is -0.450. The minimum absolute atomic E-state index is 0.107. The Balaban J connectivity index is 2.34. The van der Waals surface area contributed by atoms with E-state index in [1.807, 2.05) is 6.92 Å². The maximum atomic E-state index is 13.4. The maximum absolute atomic E-state index is 13.4. The Labute approximate surface area is 115 Å². The van der Waals surface area contributed by atoms with Crippen LogP contribution in [0, 0.1) is 12.7 Å². The summed E-state index contributed by atoms with van der Waals surface area (Å²) in [5.41, 5.74) is 7.85. The molecular weight excluding hydrogens is 271 g/mol. The average Bonchev–Trinajstić information content (AvgIpc) is 2.73. The molecule has 1 unspecified atom stereocenters. The molecule has 0 spiro atoms. The molecule has 0 saturated heterocycles. The molecule has 5 heteroatoms. The molecule has 0 saturated carbocycles. The molecule has 2 N–H and O–H groups in total. The molecule has 0 amide bonds. The number of nitrogens with zero attached hydrogens (tertiary/aromatic N) is 1. The van der Waals surface area contributed by atoms with Crippen LogP contribution in [0.4, 0.5) is 4.39 Å². The maximum Gasteiger partial charge on any atom is 0.142 e. The summed E-state index contributed by atoms with van der Waals surface area (Å²) in [5, 5.41) is 0.918. The zero-order valence-corrected chi connectivity index (χ0v) is 11.8. The van der Waals surface area contributed by atoms with Gasteiger partial charge in [0.1, 0.15) is 10.8 Å². The number of hydrogen-bond acceptors (Lipinski definition) is 3. The highest BCUT2D eigenvalue weighted by Crippen LogP contribution is 2.28. The second-order valence-corrected chi connectivity index (χ2v) is 5.70. The third-order valence-electron chi connectivity index (χ3n) is 2.81. The molecule has 0 bridgehead atoms. The first-order valence-electron chi connectivity index (χ1n) is 5.69. The standard InChI is InChI=1S/C13H14ClFN2S/c1-3-11-7(2)18-13(17-11)12(16)8-4-5-9(14)10(15)6-8/h4-6,12H,3,16H2,1-2H3. The number of hydrogen-bond donors (Lipinski definition) is 1. The van der Waals surface area contributed by atoms with E-state index >= 15 is 0 Å². The smallest absolute Gasteiger partial charge is 0.142 e. The van der Waals surface area contributed by atoms with Crippen LogP contribution in [0.1, 0.15) is 34.1 Å². The Morgan fingerprint density at radius 1 is 1.50 bits per heavy atom. The van der Waals surface area contributed by atoms with Crippen molar-refractivity contribution in [3.63, 3.8) is 0 Å². The van der Waals surface area contributed by atoms with E-state index < -0.39 is 11.9 Å². The normalized spacial score (nSPS) is 12.7. The summed E-state index contributed by atoms with van der Waals surface area (Å²) >= 11 is 7.21. The van der Waals surface area contributed by atoms with Gasteiger partial charge in [-0.15, -0.1) is 11.3 Å². The average molecular weight is 285 g/mol. The molecule has 1 atom stereocenters. The van der Waals surface area contributed by atoms with Gasteiger partial charge in [-0.3, -0.25) is 0 Å². The van der Waals surface area contributed by atoms with Crippen LogP contribution in [-0.4, -0.2) is 4.98 Å². The van der Waals surface area contributed by atoms with E-state index in [1.54, 1.807) is 17.4 Å². The van der Waals surface area contributed by atoms with E-state index in [9.17, 15) is 4.39 Å². The van der Waals surface area contributed by atoms with Gasteiger partial charge in [0.2, 0.25) is 0 Å². The molecule has 0 radical (unpaired) electrons. The summed E-state index contributed by atoms with van der Waals surface area (Å²) in [6.07, 6.45) is 0.879. The second-order valence-electron chi connectivity index (χ2n) is 4.06. The molecule has 2 aromatic rings. The van der Waals surface area contributed by atoms with Gasteiger partial charge in [-0.1, -0.05) is 24.6 Å². The first-order valence-corrected chi connectivity index (χ1v) is 6.89. The van der Waals surface area contributed by atoms with Crippen molar-refractivity contribution in [3.05, 3.63) is 50.2 Å². The fourth-order valence-corrected chi connectivity index (χ4v) is 2.92. The molecule has 1 aromatic heterocycles. The number of aryl methyl sites for hydroxylation is 2.